The Labute approximate surface area is 84.5 Å². The fourth-order valence-electron chi connectivity index (χ4n) is 1.03. The second-order valence-electron chi connectivity index (χ2n) is 3.10. The third kappa shape index (κ3) is 2.89. The molecule has 0 aliphatic heterocycles. The van der Waals surface area contributed by atoms with Gasteiger partial charge in [-0.15, -0.1) is 0 Å². The van der Waals surface area contributed by atoms with Crippen molar-refractivity contribution in [1.29, 1.82) is 0 Å². The highest BCUT2D eigenvalue weighted by atomic mass is 79.9. The van der Waals surface area contributed by atoms with Crippen LogP contribution >= 0.6 is 15.9 Å². The van der Waals surface area contributed by atoms with Gasteiger partial charge in [-0.2, -0.15) is 0 Å². The lowest BCUT2D eigenvalue weighted by Gasteiger charge is -2.18. The van der Waals surface area contributed by atoms with Crippen molar-refractivity contribution < 1.29 is 9.90 Å². The number of nitrogens with zero attached hydrogens (tertiary/aromatic N) is 1. The number of nitrogens with two attached hydrogens (primary N) is 2. The fourth-order valence-corrected chi connectivity index (χ4v) is 1.43. The van der Waals surface area contributed by atoms with Crippen molar-refractivity contribution in [3.05, 3.63) is 10.3 Å². The van der Waals surface area contributed by atoms with Crippen molar-refractivity contribution in [2.75, 3.05) is 6.54 Å². The molecule has 0 unspecified atom stereocenters. The van der Waals surface area contributed by atoms with Crippen LogP contribution in [-0.4, -0.2) is 22.6 Å². The highest BCUT2D eigenvalue weighted by Crippen LogP contribution is 2.30. The van der Waals surface area contributed by atoms with Gasteiger partial charge in [0, 0.05) is 6.54 Å². The lowest BCUT2D eigenvalue weighted by atomic mass is 10.3. The minimum atomic E-state index is -1.11. The van der Waals surface area contributed by atoms with Crippen LogP contribution in [0.1, 0.15) is 12.8 Å². The minimum Gasteiger partial charge on any atom is -0.476 e. The Morgan fingerprint density at radius 1 is 1.62 bits per heavy atom. The third-order valence-electron chi connectivity index (χ3n) is 1.87. The first-order valence-corrected chi connectivity index (χ1v) is 4.72. The second kappa shape index (κ2) is 3.97. The van der Waals surface area contributed by atoms with Crippen molar-refractivity contribution in [1.82, 2.24) is 5.01 Å². The first kappa shape index (κ1) is 10.3. The molecule has 0 aromatic carbocycles. The molecule has 1 aliphatic carbocycles. The second-order valence-corrected chi connectivity index (χ2v) is 3.95. The van der Waals surface area contributed by atoms with Crippen molar-refractivity contribution in [3.8, 4) is 0 Å². The molecule has 0 atom stereocenters. The number of hydrogen-bond donors (Lipinski definition) is 3. The summed E-state index contributed by atoms with van der Waals surface area (Å²) < 4.78 is 0.0585. The highest BCUT2D eigenvalue weighted by molar-refractivity contribution is 9.11. The van der Waals surface area contributed by atoms with Crippen LogP contribution in [0.5, 0.6) is 0 Å². The molecule has 1 rings (SSSR count). The van der Waals surface area contributed by atoms with Crippen LogP contribution in [0.25, 0.3) is 0 Å². The molecule has 1 fully saturated rings. The molecule has 0 aromatic heterocycles. The Balaban J connectivity index is 2.63. The maximum Gasteiger partial charge on any atom is 0.356 e. The van der Waals surface area contributed by atoms with Crippen molar-refractivity contribution in [3.63, 3.8) is 0 Å². The van der Waals surface area contributed by atoms with E-state index in [2.05, 4.69) is 15.9 Å². The lowest BCUT2D eigenvalue weighted by molar-refractivity contribution is -0.134. The molecule has 1 saturated carbocycles. The fraction of sp³-hybridized carbons (Fsp3) is 0.571. The number of carboxylic acids is 1. The number of halogens is 1. The first-order chi connectivity index (χ1) is 6.02. The molecule has 0 radical (unpaired) electrons. The zero-order chi connectivity index (χ0) is 10.0. The van der Waals surface area contributed by atoms with Gasteiger partial charge in [0.05, 0.1) is 0 Å². The Morgan fingerprint density at radius 3 is 2.46 bits per heavy atom. The number of carbonyl (C=O) groups is 1. The number of aliphatic carboxylic acids is 1. The topological polar surface area (TPSA) is 92.6 Å². The van der Waals surface area contributed by atoms with Crippen LogP contribution in [-0.2, 0) is 4.79 Å². The molecule has 1 aliphatic rings. The van der Waals surface area contributed by atoms with Crippen molar-refractivity contribution in [2.45, 2.75) is 12.8 Å². The summed E-state index contributed by atoms with van der Waals surface area (Å²) in [6.45, 7) is 0.550. The summed E-state index contributed by atoms with van der Waals surface area (Å²) >= 11 is 2.91. The molecule has 0 bridgehead atoms. The molecule has 0 aromatic rings. The maximum atomic E-state index is 10.7. The van der Waals surface area contributed by atoms with Gasteiger partial charge in [-0.1, -0.05) is 0 Å². The van der Waals surface area contributed by atoms with E-state index in [1.54, 1.807) is 0 Å². The zero-order valence-electron chi connectivity index (χ0n) is 7.03. The van der Waals surface area contributed by atoms with Gasteiger partial charge in [0.2, 0.25) is 0 Å². The predicted molar refractivity (Wildman–Crippen MR) is 51.4 cm³/mol. The van der Waals surface area contributed by atoms with Gasteiger partial charge in [0.1, 0.15) is 4.61 Å². The molecule has 0 heterocycles. The van der Waals surface area contributed by atoms with Crippen molar-refractivity contribution in [2.24, 2.45) is 17.5 Å². The quantitative estimate of drug-likeness (QED) is 0.286. The first-order valence-electron chi connectivity index (χ1n) is 3.93. The minimum absolute atomic E-state index is 0.0585. The van der Waals surface area contributed by atoms with Gasteiger partial charge in [0.25, 0.3) is 0 Å². The highest BCUT2D eigenvalue weighted by Gasteiger charge is 2.26. The standard InChI is InChI=1S/C7H12BrN3O2/c8-6(9)5(7(12)13)11(10)3-4-1-2-4/h4H,1-3,9-10H2,(H,12,13)/b6-5-. The summed E-state index contributed by atoms with van der Waals surface area (Å²) in [6.07, 6.45) is 2.23. The summed E-state index contributed by atoms with van der Waals surface area (Å²) in [5.74, 6) is 4.95. The van der Waals surface area contributed by atoms with E-state index in [9.17, 15) is 4.79 Å². The molecule has 74 valence electrons. The zero-order valence-corrected chi connectivity index (χ0v) is 8.62. The van der Waals surface area contributed by atoms with E-state index in [-0.39, 0.29) is 10.3 Å². The van der Waals surface area contributed by atoms with Gasteiger partial charge in [-0.25, -0.2) is 10.6 Å². The molecule has 6 heteroatoms. The molecule has 5 N–H and O–H groups in total. The summed E-state index contributed by atoms with van der Waals surface area (Å²) in [6, 6.07) is 0. The van der Waals surface area contributed by atoms with E-state index >= 15 is 0 Å². The summed E-state index contributed by atoms with van der Waals surface area (Å²) in [5.41, 5.74) is 5.25. The molecule has 5 nitrogen and oxygen atoms in total. The largest absolute Gasteiger partial charge is 0.476 e. The van der Waals surface area contributed by atoms with E-state index in [0.29, 0.717) is 12.5 Å². The molecular weight excluding hydrogens is 238 g/mol. The normalized spacial score (nSPS) is 18.0. The maximum absolute atomic E-state index is 10.7. The van der Waals surface area contributed by atoms with Gasteiger partial charge in [0.15, 0.2) is 5.70 Å². The van der Waals surface area contributed by atoms with Gasteiger partial charge < -0.3 is 15.8 Å². The Morgan fingerprint density at radius 2 is 2.15 bits per heavy atom. The smallest absolute Gasteiger partial charge is 0.356 e. The third-order valence-corrected chi connectivity index (χ3v) is 2.24. The van der Waals surface area contributed by atoms with E-state index in [1.165, 1.54) is 5.01 Å². The van der Waals surface area contributed by atoms with E-state index < -0.39 is 5.97 Å². The number of hydrogen-bond acceptors (Lipinski definition) is 4. The summed E-state index contributed by atoms with van der Waals surface area (Å²) in [5, 5.41) is 9.94. The Hall–Kier alpha value is -0.750. The van der Waals surface area contributed by atoms with Crippen LogP contribution in [0, 0.1) is 5.92 Å². The number of hydrazine groups is 1. The van der Waals surface area contributed by atoms with E-state index in [4.69, 9.17) is 16.7 Å². The summed E-state index contributed by atoms with van der Waals surface area (Å²) in [4.78, 5) is 10.7. The molecule has 0 spiro atoms. The van der Waals surface area contributed by atoms with E-state index in [0.717, 1.165) is 12.8 Å². The van der Waals surface area contributed by atoms with Crippen LogP contribution in [0.4, 0.5) is 0 Å². The van der Waals surface area contributed by atoms with Crippen LogP contribution < -0.4 is 11.6 Å². The van der Waals surface area contributed by atoms with Crippen molar-refractivity contribution >= 4 is 21.9 Å². The van der Waals surface area contributed by atoms with Gasteiger partial charge >= 0.3 is 5.97 Å². The number of carboxylic acid groups (broad SMARTS) is 1. The van der Waals surface area contributed by atoms with Gasteiger partial charge in [-0.3, -0.25) is 0 Å². The Bertz CT molecular complexity index is 246. The predicted octanol–water partition coefficient (Wildman–Crippen LogP) is 0.179. The molecule has 0 amide bonds. The average Bonchev–Trinajstić information content (AvgIpc) is 2.68. The monoisotopic (exact) mass is 249 g/mol. The molecule has 13 heavy (non-hydrogen) atoms. The van der Waals surface area contributed by atoms with Crippen LogP contribution in [0.2, 0.25) is 0 Å². The average molecular weight is 250 g/mol. The SMILES string of the molecule is N/C(Br)=C(/C(=O)O)N(N)CC1CC1. The van der Waals surface area contributed by atoms with E-state index in [1.807, 2.05) is 0 Å². The molecular formula is C7H12BrN3O2. The van der Waals surface area contributed by atoms with Crippen LogP contribution in [0.15, 0.2) is 10.3 Å². The van der Waals surface area contributed by atoms with Crippen LogP contribution in [0.3, 0.4) is 0 Å². The Kier molecular flexibility index (Phi) is 3.16. The lowest BCUT2D eigenvalue weighted by Crippen LogP contribution is -2.37. The molecule has 0 saturated heterocycles. The summed E-state index contributed by atoms with van der Waals surface area (Å²) in [7, 11) is 0. The number of rotatable bonds is 4. The van der Waals surface area contributed by atoms with Gasteiger partial charge in [-0.05, 0) is 34.7 Å².